The highest BCUT2D eigenvalue weighted by Crippen LogP contribution is 2.35. The summed E-state index contributed by atoms with van der Waals surface area (Å²) < 4.78 is 0. The zero-order chi connectivity index (χ0) is 27.6. The van der Waals surface area contributed by atoms with E-state index in [0.29, 0.717) is 17.8 Å². The van der Waals surface area contributed by atoms with Crippen LogP contribution in [-0.2, 0) is 0 Å². The lowest BCUT2D eigenvalue weighted by atomic mass is 9.73. The third-order valence-electron chi connectivity index (χ3n) is 9.60. The van der Waals surface area contributed by atoms with Crippen molar-refractivity contribution >= 4 is 0 Å². The van der Waals surface area contributed by atoms with Crippen LogP contribution in [0.4, 0.5) is 0 Å². The van der Waals surface area contributed by atoms with Crippen LogP contribution in [0.5, 0.6) is 0 Å². The normalized spacial score (nSPS) is 30.6. The third kappa shape index (κ3) is 9.58. The number of aliphatic hydroxyl groups excluding tert-OH is 1. The van der Waals surface area contributed by atoms with Crippen molar-refractivity contribution in [2.75, 3.05) is 111 Å². The van der Waals surface area contributed by atoms with E-state index in [0.717, 1.165) is 124 Å². The zero-order valence-corrected chi connectivity index (χ0v) is 25.2. The first-order chi connectivity index (χ1) is 19.6. The Morgan fingerprint density at radius 2 is 1.18 bits per heavy atom. The number of aliphatic hydroxyl groups is 1. The van der Waals surface area contributed by atoms with Gasteiger partial charge in [0.15, 0.2) is 0 Å². The number of hydrazine groups is 4. The summed E-state index contributed by atoms with van der Waals surface area (Å²) in [6.45, 7) is 20.4. The van der Waals surface area contributed by atoms with E-state index in [2.05, 4.69) is 70.7 Å². The van der Waals surface area contributed by atoms with E-state index in [1.807, 2.05) is 0 Å². The van der Waals surface area contributed by atoms with E-state index in [4.69, 9.17) is 0 Å². The molecule has 0 spiro atoms. The number of nitrogens with one attached hydrogen (secondary N) is 4. The van der Waals surface area contributed by atoms with Crippen molar-refractivity contribution in [2.24, 2.45) is 17.8 Å². The van der Waals surface area contributed by atoms with Gasteiger partial charge in [-0.1, -0.05) is 13.0 Å². The highest BCUT2D eigenvalue weighted by Gasteiger charge is 2.37. The van der Waals surface area contributed by atoms with Crippen molar-refractivity contribution in [1.29, 1.82) is 0 Å². The molecule has 230 valence electrons. The van der Waals surface area contributed by atoms with Crippen LogP contribution in [0.3, 0.4) is 0 Å². The van der Waals surface area contributed by atoms with E-state index in [9.17, 15) is 5.11 Å². The molecule has 11 nitrogen and oxygen atoms in total. The summed E-state index contributed by atoms with van der Waals surface area (Å²) in [7, 11) is 0. The molecule has 3 saturated heterocycles. The Morgan fingerprint density at radius 3 is 1.57 bits per heavy atom. The molecule has 5 rings (SSSR count). The van der Waals surface area contributed by atoms with Crippen molar-refractivity contribution in [3.05, 3.63) is 12.3 Å². The van der Waals surface area contributed by atoms with E-state index >= 15 is 0 Å². The maximum atomic E-state index is 11.8. The smallest absolute Gasteiger partial charge is 0.0621 e. The highest BCUT2D eigenvalue weighted by molar-refractivity contribution is 4.91. The van der Waals surface area contributed by atoms with Crippen LogP contribution in [0.15, 0.2) is 12.3 Å². The molecule has 11 heteroatoms. The third-order valence-corrected chi connectivity index (χ3v) is 9.60. The van der Waals surface area contributed by atoms with Gasteiger partial charge in [0.05, 0.1) is 6.10 Å². The summed E-state index contributed by atoms with van der Waals surface area (Å²) in [4.78, 5) is 5.26. The Labute approximate surface area is 243 Å². The monoisotopic (exact) mass is 562 g/mol. The molecule has 1 aliphatic carbocycles. The summed E-state index contributed by atoms with van der Waals surface area (Å²) >= 11 is 0. The quantitative estimate of drug-likeness (QED) is 0.170. The second-order valence-electron chi connectivity index (χ2n) is 12.9. The average Bonchev–Trinajstić information content (AvgIpc) is 3.78. The molecular formula is C29H58N10O. The maximum Gasteiger partial charge on any atom is 0.0621 e. The van der Waals surface area contributed by atoms with Crippen LogP contribution in [0, 0.1) is 17.8 Å². The van der Waals surface area contributed by atoms with Crippen LogP contribution < -0.4 is 21.7 Å². The van der Waals surface area contributed by atoms with Gasteiger partial charge in [-0.3, -0.25) is 21.2 Å². The molecule has 0 aromatic rings. The van der Waals surface area contributed by atoms with Crippen LogP contribution in [0.25, 0.3) is 0 Å². The van der Waals surface area contributed by atoms with Crippen molar-refractivity contribution in [1.82, 2.24) is 51.5 Å². The number of hydrogen-bond acceptors (Lipinski definition) is 11. The fourth-order valence-electron chi connectivity index (χ4n) is 7.33. The fourth-order valence-corrected chi connectivity index (χ4v) is 7.33. The molecule has 0 amide bonds. The number of rotatable bonds is 16. The molecule has 0 bridgehead atoms. The van der Waals surface area contributed by atoms with Gasteiger partial charge in [-0.25, -0.2) is 20.5 Å². The molecule has 0 radical (unpaired) electrons. The molecule has 0 aromatic heterocycles. The molecule has 40 heavy (non-hydrogen) atoms. The summed E-state index contributed by atoms with van der Waals surface area (Å²) in [6.07, 6.45) is 10.1. The summed E-state index contributed by atoms with van der Waals surface area (Å²) in [5.74, 6) is 1.34. The van der Waals surface area contributed by atoms with Gasteiger partial charge < -0.3 is 15.0 Å². The van der Waals surface area contributed by atoms with Gasteiger partial charge in [0.2, 0.25) is 0 Å². The van der Waals surface area contributed by atoms with Gasteiger partial charge in [0.25, 0.3) is 0 Å². The molecule has 5 aliphatic rings. The predicted octanol–water partition coefficient (Wildman–Crippen LogP) is -0.422. The Bertz CT molecular complexity index is 720. The second-order valence-corrected chi connectivity index (χ2v) is 12.9. The van der Waals surface area contributed by atoms with Gasteiger partial charge in [0.1, 0.15) is 0 Å². The Balaban J connectivity index is 1.17. The Hall–Kier alpha value is -0.860. The van der Waals surface area contributed by atoms with E-state index in [1.54, 1.807) is 0 Å². The number of hydrogen-bond donors (Lipinski definition) is 5. The lowest BCUT2D eigenvalue weighted by Gasteiger charge is -2.42. The van der Waals surface area contributed by atoms with E-state index in [1.165, 1.54) is 19.3 Å². The largest absolute Gasteiger partial charge is 0.392 e. The summed E-state index contributed by atoms with van der Waals surface area (Å²) in [6, 6.07) is 0. The second kappa shape index (κ2) is 16.1. The van der Waals surface area contributed by atoms with Crippen LogP contribution in [-0.4, -0.2) is 152 Å². The zero-order valence-electron chi connectivity index (χ0n) is 25.2. The van der Waals surface area contributed by atoms with Crippen LogP contribution in [0.2, 0.25) is 0 Å². The van der Waals surface area contributed by atoms with E-state index in [-0.39, 0.29) is 6.10 Å². The minimum atomic E-state index is -0.231. The molecule has 4 fully saturated rings. The minimum Gasteiger partial charge on any atom is -0.392 e. The van der Waals surface area contributed by atoms with Crippen LogP contribution in [0.1, 0.15) is 39.0 Å². The van der Waals surface area contributed by atoms with Gasteiger partial charge in [-0.05, 0) is 49.9 Å². The fraction of sp³-hybridized carbons (Fsp3) is 0.931. The lowest BCUT2D eigenvalue weighted by molar-refractivity contribution is -0.0302. The molecule has 4 aliphatic heterocycles. The molecule has 5 N–H and O–H groups in total. The molecule has 4 heterocycles. The van der Waals surface area contributed by atoms with Crippen molar-refractivity contribution < 1.29 is 5.11 Å². The standard InChI is InChI=1S/C29H58N10O/c1-26-22-27(24-34(14-18-36-10-2-6-30-36)15-19-37-11-3-7-31-37)29(40)28(23-26)25-35(16-20-38-12-4-8-32-38)17-21-39-13-5-9-33-39/h2,10,26-33,40H,3-9,11-25H2,1H3. The van der Waals surface area contributed by atoms with Crippen molar-refractivity contribution in [3.8, 4) is 0 Å². The van der Waals surface area contributed by atoms with Gasteiger partial charge in [-0.15, -0.1) is 0 Å². The average molecular weight is 563 g/mol. The van der Waals surface area contributed by atoms with E-state index < -0.39 is 0 Å². The first-order valence-corrected chi connectivity index (χ1v) is 16.4. The minimum absolute atomic E-state index is 0.231. The predicted molar refractivity (Wildman–Crippen MR) is 161 cm³/mol. The van der Waals surface area contributed by atoms with Crippen LogP contribution >= 0.6 is 0 Å². The first-order valence-electron chi connectivity index (χ1n) is 16.4. The van der Waals surface area contributed by atoms with Gasteiger partial charge in [-0.2, -0.15) is 0 Å². The van der Waals surface area contributed by atoms with Gasteiger partial charge >= 0.3 is 0 Å². The lowest BCUT2D eigenvalue weighted by Crippen LogP contribution is -2.51. The molecular weight excluding hydrogens is 504 g/mol. The summed E-state index contributed by atoms with van der Waals surface area (Å²) in [5.41, 5.74) is 14.0. The number of nitrogens with zero attached hydrogens (tertiary/aromatic N) is 6. The maximum absolute atomic E-state index is 11.8. The molecule has 4 atom stereocenters. The van der Waals surface area contributed by atoms with Gasteiger partial charge in [0, 0.05) is 117 Å². The topological polar surface area (TPSA) is 87.8 Å². The SMILES string of the molecule is CC1CC(CN(CCN2C=CCN2)CCN2CCCN2)C(O)C(CN(CCN2CCCN2)CCN2CCCN2)C1. The highest BCUT2D eigenvalue weighted by atomic mass is 16.3. The molecule has 1 saturated carbocycles. The molecule has 0 aromatic carbocycles. The molecule has 4 unspecified atom stereocenters. The first kappa shape index (κ1) is 30.6. The van der Waals surface area contributed by atoms with Crippen molar-refractivity contribution in [3.63, 3.8) is 0 Å². The Morgan fingerprint density at radius 1 is 0.700 bits per heavy atom. The summed E-state index contributed by atoms with van der Waals surface area (Å²) in [5, 5.41) is 21.2. The Kier molecular flexibility index (Phi) is 12.3. The van der Waals surface area contributed by atoms with Crippen molar-refractivity contribution in [2.45, 2.75) is 45.1 Å².